The van der Waals surface area contributed by atoms with Gasteiger partial charge in [-0.1, -0.05) is 6.92 Å². The van der Waals surface area contributed by atoms with E-state index in [0.717, 1.165) is 30.9 Å². The second kappa shape index (κ2) is 8.95. The number of hydrogen-bond acceptors (Lipinski definition) is 3. The highest BCUT2D eigenvalue weighted by molar-refractivity contribution is 5.79. The van der Waals surface area contributed by atoms with Crippen molar-refractivity contribution in [2.75, 3.05) is 20.1 Å². The van der Waals surface area contributed by atoms with Crippen LogP contribution in [-0.4, -0.2) is 40.9 Å². The molecule has 0 aliphatic carbocycles. The fourth-order valence-corrected chi connectivity index (χ4v) is 2.31. The Morgan fingerprint density at radius 1 is 1.25 bits per heavy atom. The summed E-state index contributed by atoms with van der Waals surface area (Å²) in [5, 5.41) is 14.2. The van der Waals surface area contributed by atoms with Crippen LogP contribution in [0.25, 0.3) is 0 Å². The van der Waals surface area contributed by atoms with Crippen LogP contribution < -0.4 is 10.6 Å². The van der Waals surface area contributed by atoms with E-state index in [1.807, 2.05) is 11.5 Å². The maximum atomic E-state index is 13.6. The lowest BCUT2D eigenvalue weighted by Gasteiger charge is -2.13. The first-order valence-electron chi connectivity index (χ1n) is 7.89. The van der Waals surface area contributed by atoms with Gasteiger partial charge in [0.2, 0.25) is 0 Å². The minimum Gasteiger partial charge on any atom is -0.356 e. The van der Waals surface area contributed by atoms with E-state index in [1.54, 1.807) is 13.4 Å². The van der Waals surface area contributed by atoms with Crippen molar-refractivity contribution in [2.45, 2.75) is 26.3 Å². The van der Waals surface area contributed by atoms with E-state index < -0.39 is 11.6 Å². The van der Waals surface area contributed by atoms with Gasteiger partial charge in [0.25, 0.3) is 0 Å². The van der Waals surface area contributed by atoms with Crippen LogP contribution in [0.5, 0.6) is 0 Å². The summed E-state index contributed by atoms with van der Waals surface area (Å²) in [6.07, 6.45) is 2.89. The Labute approximate surface area is 140 Å². The standard InChI is InChI=1S/C16H22F2N6/c1-3-15-23-22-11-24(15)9-8-21-16(19-2)20-7-6-12-10-13(17)4-5-14(12)18/h4-5,10-11H,3,6-9H2,1-2H3,(H2,19,20,21). The quantitative estimate of drug-likeness (QED) is 0.594. The predicted octanol–water partition coefficient (Wildman–Crippen LogP) is 1.53. The van der Waals surface area contributed by atoms with Crippen LogP contribution in [0.15, 0.2) is 29.5 Å². The molecule has 0 fully saturated rings. The molecule has 8 heteroatoms. The highest BCUT2D eigenvalue weighted by Gasteiger charge is 2.05. The number of halogens is 2. The summed E-state index contributed by atoms with van der Waals surface area (Å²) >= 11 is 0. The second-order valence-corrected chi connectivity index (χ2v) is 5.21. The van der Waals surface area contributed by atoms with Crippen molar-refractivity contribution < 1.29 is 8.78 Å². The molecular weight excluding hydrogens is 314 g/mol. The Bertz CT molecular complexity index is 683. The van der Waals surface area contributed by atoms with Crippen LogP contribution in [0.3, 0.4) is 0 Å². The summed E-state index contributed by atoms with van der Waals surface area (Å²) in [6, 6.07) is 3.47. The van der Waals surface area contributed by atoms with Gasteiger partial charge in [-0.05, 0) is 30.2 Å². The Morgan fingerprint density at radius 2 is 2.04 bits per heavy atom. The number of hydrogen-bond donors (Lipinski definition) is 2. The second-order valence-electron chi connectivity index (χ2n) is 5.21. The van der Waals surface area contributed by atoms with Crippen molar-refractivity contribution in [3.05, 3.63) is 47.5 Å². The topological polar surface area (TPSA) is 67.1 Å². The van der Waals surface area contributed by atoms with Gasteiger partial charge in [0, 0.05) is 33.1 Å². The third kappa shape index (κ3) is 5.00. The monoisotopic (exact) mass is 336 g/mol. The zero-order chi connectivity index (χ0) is 17.4. The summed E-state index contributed by atoms with van der Waals surface area (Å²) in [4.78, 5) is 4.11. The van der Waals surface area contributed by atoms with Crippen molar-refractivity contribution in [3.8, 4) is 0 Å². The van der Waals surface area contributed by atoms with Gasteiger partial charge >= 0.3 is 0 Å². The van der Waals surface area contributed by atoms with Crippen molar-refractivity contribution in [1.29, 1.82) is 0 Å². The number of guanidine groups is 1. The molecule has 0 radical (unpaired) electrons. The molecule has 2 aromatic rings. The largest absolute Gasteiger partial charge is 0.356 e. The van der Waals surface area contributed by atoms with Crippen LogP contribution in [-0.2, 0) is 19.4 Å². The average molecular weight is 336 g/mol. The Morgan fingerprint density at radius 3 is 2.79 bits per heavy atom. The van der Waals surface area contributed by atoms with E-state index >= 15 is 0 Å². The number of nitrogens with one attached hydrogen (secondary N) is 2. The molecule has 0 unspecified atom stereocenters. The molecule has 0 aliphatic rings. The fraction of sp³-hybridized carbons (Fsp3) is 0.438. The molecule has 0 saturated carbocycles. The maximum absolute atomic E-state index is 13.6. The van der Waals surface area contributed by atoms with Crippen molar-refractivity contribution >= 4 is 5.96 Å². The zero-order valence-corrected chi connectivity index (χ0v) is 13.9. The molecule has 0 saturated heterocycles. The first-order valence-corrected chi connectivity index (χ1v) is 7.89. The first kappa shape index (κ1) is 17.8. The number of aliphatic imine (C=N–C) groups is 1. The van der Waals surface area contributed by atoms with E-state index in [2.05, 4.69) is 25.8 Å². The Kier molecular flexibility index (Phi) is 6.65. The van der Waals surface area contributed by atoms with Gasteiger partial charge in [-0.3, -0.25) is 4.99 Å². The van der Waals surface area contributed by atoms with Crippen LogP contribution >= 0.6 is 0 Å². The molecule has 0 bridgehead atoms. The molecule has 24 heavy (non-hydrogen) atoms. The first-order chi connectivity index (χ1) is 11.6. The van der Waals surface area contributed by atoms with Gasteiger partial charge in [-0.2, -0.15) is 0 Å². The smallest absolute Gasteiger partial charge is 0.191 e. The zero-order valence-electron chi connectivity index (χ0n) is 13.9. The molecule has 130 valence electrons. The van der Waals surface area contributed by atoms with E-state index in [1.165, 1.54) is 6.07 Å². The lowest BCUT2D eigenvalue weighted by molar-refractivity contribution is 0.582. The van der Waals surface area contributed by atoms with Crippen LogP contribution in [0.1, 0.15) is 18.3 Å². The molecule has 1 heterocycles. The SMILES string of the molecule is CCc1nncn1CCNC(=NC)NCCc1cc(F)ccc1F. The van der Waals surface area contributed by atoms with Gasteiger partial charge < -0.3 is 15.2 Å². The van der Waals surface area contributed by atoms with Crippen molar-refractivity contribution in [1.82, 2.24) is 25.4 Å². The Hall–Kier alpha value is -2.51. The van der Waals surface area contributed by atoms with Crippen molar-refractivity contribution in [2.24, 2.45) is 4.99 Å². The number of nitrogens with zero attached hydrogens (tertiary/aromatic N) is 4. The van der Waals surface area contributed by atoms with Crippen LogP contribution in [0, 0.1) is 11.6 Å². The van der Waals surface area contributed by atoms with E-state index in [-0.39, 0.29) is 0 Å². The van der Waals surface area contributed by atoms with Gasteiger partial charge in [0.15, 0.2) is 5.96 Å². The molecule has 0 amide bonds. The highest BCUT2D eigenvalue weighted by atomic mass is 19.1. The fourth-order valence-electron chi connectivity index (χ4n) is 2.31. The highest BCUT2D eigenvalue weighted by Crippen LogP contribution is 2.09. The average Bonchev–Trinajstić information content (AvgIpc) is 3.04. The summed E-state index contributed by atoms with van der Waals surface area (Å²) in [6.45, 7) is 3.85. The minimum absolute atomic E-state index is 0.343. The maximum Gasteiger partial charge on any atom is 0.191 e. The summed E-state index contributed by atoms with van der Waals surface area (Å²) in [5.41, 5.74) is 0.343. The molecule has 0 atom stereocenters. The molecule has 1 aromatic heterocycles. The third-order valence-electron chi connectivity index (χ3n) is 3.58. The number of aromatic nitrogens is 3. The molecule has 0 aliphatic heterocycles. The normalized spacial score (nSPS) is 11.6. The predicted molar refractivity (Wildman–Crippen MR) is 88.8 cm³/mol. The number of benzene rings is 1. The van der Waals surface area contributed by atoms with Crippen LogP contribution in [0.2, 0.25) is 0 Å². The lowest BCUT2D eigenvalue weighted by Crippen LogP contribution is -2.39. The van der Waals surface area contributed by atoms with Crippen LogP contribution in [0.4, 0.5) is 8.78 Å². The minimum atomic E-state index is -0.436. The Balaban J connectivity index is 1.75. The van der Waals surface area contributed by atoms with Gasteiger partial charge in [-0.15, -0.1) is 10.2 Å². The third-order valence-corrected chi connectivity index (χ3v) is 3.58. The number of aryl methyl sites for hydroxylation is 1. The summed E-state index contributed by atoms with van der Waals surface area (Å²) in [7, 11) is 1.66. The summed E-state index contributed by atoms with van der Waals surface area (Å²) < 4.78 is 28.7. The lowest BCUT2D eigenvalue weighted by atomic mass is 10.1. The molecule has 1 aromatic carbocycles. The van der Waals surface area contributed by atoms with Gasteiger partial charge in [0.05, 0.1) is 0 Å². The molecule has 6 nitrogen and oxygen atoms in total. The van der Waals surface area contributed by atoms with Gasteiger partial charge in [0.1, 0.15) is 23.8 Å². The molecule has 2 rings (SSSR count). The van der Waals surface area contributed by atoms with Gasteiger partial charge in [-0.25, -0.2) is 8.78 Å². The molecule has 0 spiro atoms. The van der Waals surface area contributed by atoms with E-state index in [9.17, 15) is 8.78 Å². The summed E-state index contributed by atoms with van der Waals surface area (Å²) in [5.74, 6) is 0.703. The van der Waals surface area contributed by atoms with Crippen molar-refractivity contribution in [3.63, 3.8) is 0 Å². The van der Waals surface area contributed by atoms with E-state index in [4.69, 9.17) is 0 Å². The van der Waals surface area contributed by atoms with E-state index in [0.29, 0.717) is 31.0 Å². The number of rotatable bonds is 7. The molecular formula is C16H22F2N6. The molecule has 2 N–H and O–H groups in total.